The van der Waals surface area contributed by atoms with Crippen molar-refractivity contribution in [2.75, 3.05) is 4.90 Å². The Labute approximate surface area is 199 Å². The molecule has 2 aromatic heterocycles. The van der Waals surface area contributed by atoms with E-state index in [9.17, 15) is 4.39 Å². The van der Waals surface area contributed by atoms with Gasteiger partial charge in [0.15, 0.2) is 5.11 Å². The molecule has 0 amide bonds. The average Bonchev–Trinajstić information content (AvgIpc) is 3.41. The molecule has 0 unspecified atom stereocenters. The van der Waals surface area contributed by atoms with E-state index < -0.39 is 0 Å². The van der Waals surface area contributed by atoms with E-state index in [2.05, 4.69) is 53.9 Å². The van der Waals surface area contributed by atoms with Crippen molar-refractivity contribution in [3.63, 3.8) is 0 Å². The lowest BCUT2D eigenvalue weighted by Crippen LogP contribution is -2.30. The molecule has 5 rings (SSSR count). The Kier molecular flexibility index (Phi) is 5.53. The summed E-state index contributed by atoms with van der Waals surface area (Å²) in [5, 5.41) is 4.04. The number of benzene rings is 2. The summed E-state index contributed by atoms with van der Waals surface area (Å²) in [6, 6.07) is 22.9. The van der Waals surface area contributed by atoms with Crippen molar-refractivity contribution in [3.8, 4) is 5.69 Å². The SMILES string of the molecule is Cc1cc(N2C(=S)N[C@@H](c3ccccn3)[C@H]2c2cccn2-c2ccc(Br)cc2)ccc1F. The highest BCUT2D eigenvalue weighted by Crippen LogP contribution is 2.42. The number of nitrogens with one attached hydrogen (secondary N) is 1. The topological polar surface area (TPSA) is 33.1 Å². The van der Waals surface area contributed by atoms with Crippen molar-refractivity contribution in [1.29, 1.82) is 0 Å². The van der Waals surface area contributed by atoms with Crippen LogP contribution in [0.15, 0.2) is 89.7 Å². The van der Waals surface area contributed by atoms with E-state index in [1.54, 1.807) is 19.2 Å². The van der Waals surface area contributed by atoms with Gasteiger partial charge in [0.25, 0.3) is 0 Å². The van der Waals surface area contributed by atoms with E-state index in [0.29, 0.717) is 10.7 Å². The summed E-state index contributed by atoms with van der Waals surface area (Å²) in [6.45, 7) is 1.77. The van der Waals surface area contributed by atoms with Crippen LogP contribution in [0, 0.1) is 12.7 Å². The van der Waals surface area contributed by atoms with Gasteiger partial charge in [0.05, 0.1) is 11.7 Å². The normalized spacial score (nSPS) is 18.1. The predicted molar refractivity (Wildman–Crippen MR) is 133 cm³/mol. The summed E-state index contributed by atoms with van der Waals surface area (Å²) in [7, 11) is 0. The highest BCUT2D eigenvalue weighted by atomic mass is 79.9. The van der Waals surface area contributed by atoms with Gasteiger partial charge in [-0.2, -0.15) is 0 Å². The maximum atomic E-state index is 14.0. The fraction of sp³-hybridized carbons (Fsp3) is 0.120. The first kappa shape index (κ1) is 20.8. The van der Waals surface area contributed by atoms with E-state index in [0.717, 1.165) is 27.2 Å². The smallest absolute Gasteiger partial charge is 0.174 e. The number of halogens is 2. The van der Waals surface area contributed by atoms with E-state index in [4.69, 9.17) is 12.2 Å². The molecule has 1 fully saturated rings. The van der Waals surface area contributed by atoms with Gasteiger partial charge in [-0.05, 0) is 91.4 Å². The Morgan fingerprint density at radius 2 is 1.78 bits per heavy atom. The average molecular weight is 507 g/mol. The van der Waals surface area contributed by atoms with Crippen molar-refractivity contribution in [2.24, 2.45) is 0 Å². The molecule has 2 atom stereocenters. The molecule has 4 aromatic rings. The van der Waals surface area contributed by atoms with Crippen molar-refractivity contribution < 1.29 is 4.39 Å². The number of rotatable bonds is 4. The molecule has 0 aliphatic carbocycles. The number of thiocarbonyl (C=S) groups is 1. The van der Waals surface area contributed by atoms with E-state index >= 15 is 0 Å². The summed E-state index contributed by atoms with van der Waals surface area (Å²) in [5.74, 6) is -0.233. The Morgan fingerprint density at radius 1 is 1.00 bits per heavy atom. The summed E-state index contributed by atoms with van der Waals surface area (Å²) in [6.07, 6.45) is 3.83. The van der Waals surface area contributed by atoms with Crippen LogP contribution in [-0.2, 0) is 0 Å². The first-order chi connectivity index (χ1) is 15.5. The van der Waals surface area contributed by atoms with Crippen molar-refractivity contribution >= 4 is 38.9 Å². The third kappa shape index (κ3) is 3.72. The van der Waals surface area contributed by atoms with Crippen LogP contribution in [0.4, 0.5) is 10.1 Å². The van der Waals surface area contributed by atoms with Gasteiger partial charge >= 0.3 is 0 Å². The number of aryl methyl sites for hydroxylation is 1. The molecule has 1 aliphatic rings. The van der Waals surface area contributed by atoms with Crippen LogP contribution in [-0.4, -0.2) is 14.7 Å². The lowest BCUT2D eigenvalue weighted by molar-refractivity contribution is 0.549. The summed E-state index contributed by atoms with van der Waals surface area (Å²) < 4.78 is 17.2. The van der Waals surface area contributed by atoms with Crippen molar-refractivity contribution in [2.45, 2.75) is 19.0 Å². The molecule has 0 radical (unpaired) electrons. The number of anilines is 1. The summed E-state index contributed by atoms with van der Waals surface area (Å²) in [4.78, 5) is 6.67. The van der Waals surface area contributed by atoms with E-state index in [1.165, 1.54) is 6.07 Å². The molecule has 1 saturated heterocycles. The van der Waals surface area contributed by atoms with Crippen LogP contribution in [0.5, 0.6) is 0 Å². The zero-order valence-electron chi connectivity index (χ0n) is 17.2. The molecule has 0 bridgehead atoms. The van der Waals surface area contributed by atoms with Gasteiger partial charge in [-0.1, -0.05) is 22.0 Å². The number of nitrogens with zero attached hydrogens (tertiary/aromatic N) is 3. The molecule has 1 N–H and O–H groups in total. The lowest BCUT2D eigenvalue weighted by atomic mass is 10.0. The minimum absolute atomic E-state index is 0.168. The van der Waals surface area contributed by atoms with Crippen LogP contribution in [0.2, 0.25) is 0 Å². The molecule has 0 saturated carbocycles. The Morgan fingerprint density at radius 3 is 2.50 bits per heavy atom. The molecule has 3 heterocycles. The van der Waals surface area contributed by atoms with Crippen LogP contribution in [0.3, 0.4) is 0 Å². The Bertz CT molecular complexity index is 1270. The Balaban J connectivity index is 1.67. The zero-order chi connectivity index (χ0) is 22.2. The largest absolute Gasteiger partial charge is 0.351 e. The zero-order valence-corrected chi connectivity index (χ0v) is 19.6. The van der Waals surface area contributed by atoms with Crippen LogP contribution in [0.25, 0.3) is 5.69 Å². The molecule has 0 spiro atoms. The van der Waals surface area contributed by atoms with Crippen molar-refractivity contribution in [3.05, 3.63) is 112 Å². The molecule has 4 nitrogen and oxygen atoms in total. The standard InChI is InChI=1S/C25H20BrFN4S/c1-16-15-19(11-12-20(16)27)31-24(23(29-25(31)32)21-5-2-3-13-28-21)22-6-4-14-30(22)18-9-7-17(26)8-10-18/h2-15,23-24H,1H3,(H,29,32)/t23-,24+/m0/s1. The summed E-state index contributed by atoms with van der Waals surface area (Å²) >= 11 is 9.29. The predicted octanol–water partition coefficient (Wildman–Crippen LogP) is 6.26. The number of hydrogen-bond donors (Lipinski definition) is 1. The third-order valence-electron chi connectivity index (χ3n) is 5.71. The molecular weight excluding hydrogens is 487 g/mol. The highest BCUT2D eigenvalue weighted by molar-refractivity contribution is 9.10. The highest BCUT2D eigenvalue weighted by Gasteiger charge is 2.42. The second kappa shape index (κ2) is 8.48. The van der Waals surface area contributed by atoms with Crippen LogP contribution in [0.1, 0.15) is 29.0 Å². The maximum absolute atomic E-state index is 14.0. The molecule has 160 valence electrons. The number of aromatic nitrogens is 2. The number of pyridine rings is 1. The molecule has 1 aliphatic heterocycles. The van der Waals surface area contributed by atoms with Gasteiger partial charge in [-0.3, -0.25) is 4.98 Å². The second-order valence-corrected chi connectivity index (χ2v) is 9.01. The fourth-order valence-electron chi connectivity index (χ4n) is 4.18. The van der Waals surface area contributed by atoms with Crippen LogP contribution < -0.4 is 10.2 Å². The minimum atomic E-state index is -0.233. The number of hydrogen-bond acceptors (Lipinski definition) is 2. The fourth-order valence-corrected chi connectivity index (χ4v) is 4.79. The lowest BCUT2D eigenvalue weighted by Gasteiger charge is -2.29. The van der Waals surface area contributed by atoms with Gasteiger partial charge in [-0.25, -0.2) is 4.39 Å². The van der Waals surface area contributed by atoms with E-state index in [-0.39, 0.29) is 17.9 Å². The molecule has 7 heteroatoms. The Hall–Kier alpha value is -3.03. The minimum Gasteiger partial charge on any atom is -0.351 e. The monoisotopic (exact) mass is 506 g/mol. The van der Waals surface area contributed by atoms with E-state index in [1.807, 2.05) is 48.7 Å². The van der Waals surface area contributed by atoms with Gasteiger partial charge in [0.1, 0.15) is 11.9 Å². The van der Waals surface area contributed by atoms with Gasteiger partial charge < -0.3 is 14.8 Å². The van der Waals surface area contributed by atoms with Gasteiger partial charge in [0, 0.05) is 33.9 Å². The van der Waals surface area contributed by atoms with Gasteiger partial charge in [0.2, 0.25) is 0 Å². The van der Waals surface area contributed by atoms with Gasteiger partial charge in [-0.15, -0.1) is 0 Å². The molecule has 32 heavy (non-hydrogen) atoms. The first-order valence-electron chi connectivity index (χ1n) is 10.2. The quantitative estimate of drug-likeness (QED) is 0.331. The third-order valence-corrected chi connectivity index (χ3v) is 6.55. The van der Waals surface area contributed by atoms with Crippen molar-refractivity contribution in [1.82, 2.24) is 14.9 Å². The molecule has 2 aromatic carbocycles. The van der Waals surface area contributed by atoms with Crippen LogP contribution >= 0.6 is 28.1 Å². The summed E-state index contributed by atoms with van der Waals surface area (Å²) in [5.41, 5.74) is 4.41. The second-order valence-electron chi connectivity index (χ2n) is 7.71. The maximum Gasteiger partial charge on any atom is 0.174 e. The first-order valence-corrected chi connectivity index (χ1v) is 11.4. The molecular formula is C25H20BrFN4S.